The summed E-state index contributed by atoms with van der Waals surface area (Å²) < 4.78 is 0. The molecule has 0 spiro atoms. The summed E-state index contributed by atoms with van der Waals surface area (Å²) in [5.41, 5.74) is 7.72. The number of aromatic nitrogens is 1. The van der Waals surface area contributed by atoms with E-state index in [-0.39, 0.29) is 6.04 Å². The van der Waals surface area contributed by atoms with Gasteiger partial charge < -0.3 is 0 Å². The first-order chi connectivity index (χ1) is 8.72. The highest BCUT2D eigenvalue weighted by atomic mass is 15.2. The van der Waals surface area contributed by atoms with Crippen LogP contribution in [0.1, 0.15) is 55.1 Å². The quantitative estimate of drug-likeness (QED) is 0.489. The van der Waals surface area contributed by atoms with E-state index >= 15 is 0 Å². The Kier molecular flexibility index (Phi) is 4.50. The normalized spacial score (nSPS) is 18.1. The zero-order valence-corrected chi connectivity index (χ0v) is 11.4. The lowest BCUT2D eigenvalue weighted by atomic mass is 9.94. The van der Waals surface area contributed by atoms with Gasteiger partial charge in [0.25, 0.3) is 0 Å². The molecule has 1 unspecified atom stereocenters. The number of hydrogen-bond acceptors (Lipinski definition) is 3. The van der Waals surface area contributed by atoms with Crippen LogP contribution < -0.4 is 11.3 Å². The molecule has 3 nitrogen and oxygen atoms in total. The second kappa shape index (κ2) is 6.12. The Bertz CT molecular complexity index is 437. The summed E-state index contributed by atoms with van der Waals surface area (Å²) in [6, 6.07) is 4.33. The minimum Gasteiger partial charge on any atom is -0.271 e. The summed E-state index contributed by atoms with van der Waals surface area (Å²) in [6.07, 6.45) is 8.56. The van der Waals surface area contributed by atoms with Crippen LogP contribution in [0.15, 0.2) is 23.8 Å². The highest BCUT2D eigenvalue weighted by molar-refractivity contribution is 5.32. The molecule has 0 aromatic carbocycles. The van der Waals surface area contributed by atoms with Gasteiger partial charge in [-0.1, -0.05) is 24.1 Å². The fourth-order valence-corrected chi connectivity index (χ4v) is 2.70. The highest BCUT2D eigenvalue weighted by Crippen LogP contribution is 2.29. The van der Waals surface area contributed by atoms with Crippen molar-refractivity contribution >= 4 is 0 Å². The van der Waals surface area contributed by atoms with Gasteiger partial charge in [0, 0.05) is 11.4 Å². The third-order valence-corrected chi connectivity index (χ3v) is 3.69. The van der Waals surface area contributed by atoms with E-state index in [4.69, 9.17) is 5.84 Å². The maximum absolute atomic E-state index is 5.77. The van der Waals surface area contributed by atoms with Gasteiger partial charge in [0.15, 0.2) is 0 Å². The first-order valence-electron chi connectivity index (χ1n) is 6.81. The summed E-state index contributed by atoms with van der Waals surface area (Å²) in [6.45, 7) is 4.08. The maximum atomic E-state index is 5.77. The van der Waals surface area contributed by atoms with Gasteiger partial charge >= 0.3 is 0 Å². The minimum atomic E-state index is 0.121. The molecule has 18 heavy (non-hydrogen) atoms. The number of rotatable bonds is 3. The molecular formula is C15H23N3. The molecule has 0 bridgehead atoms. The predicted molar refractivity (Wildman–Crippen MR) is 74.9 cm³/mol. The minimum absolute atomic E-state index is 0.121. The summed E-state index contributed by atoms with van der Waals surface area (Å²) in [5, 5.41) is 0. The molecule has 2 rings (SSSR count). The van der Waals surface area contributed by atoms with Gasteiger partial charge in [0.2, 0.25) is 0 Å². The van der Waals surface area contributed by atoms with Crippen molar-refractivity contribution in [1.29, 1.82) is 0 Å². The van der Waals surface area contributed by atoms with Crippen LogP contribution >= 0.6 is 0 Å². The second-order valence-corrected chi connectivity index (χ2v) is 5.11. The molecule has 0 radical (unpaired) electrons. The molecule has 0 saturated carbocycles. The molecule has 1 aliphatic carbocycles. The second-order valence-electron chi connectivity index (χ2n) is 5.11. The van der Waals surface area contributed by atoms with Gasteiger partial charge in [-0.05, 0) is 51.2 Å². The standard InChI is InChI=1S/C15H23N3/c1-11-9-10-14(12(2)17-11)15(18-16)13-7-5-3-4-6-8-13/h7,9-10,15,18H,3-6,8,16H2,1-2H3. The molecule has 0 aliphatic heterocycles. The fraction of sp³-hybridized carbons (Fsp3) is 0.533. The van der Waals surface area contributed by atoms with Gasteiger partial charge in [0.05, 0.1) is 6.04 Å². The van der Waals surface area contributed by atoms with E-state index in [1.54, 1.807) is 0 Å². The molecule has 98 valence electrons. The smallest absolute Gasteiger partial charge is 0.0687 e. The van der Waals surface area contributed by atoms with E-state index < -0.39 is 0 Å². The lowest BCUT2D eigenvalue weighted by molar-refractivity contribution is 0.588. The van der Waals surface area contributed by atoms with Crippen molar-refractivity contribution in [2.24, 2.45) is 5.84 Å². The van der Waals surface area contributed by atoms with Crippen LogP contribution in [0.3, 0.4) is 0 Å². The number of allylic oxidation sites excluding steroid dienone is 1. The van der Waals surface area contributed by atoms with E-state index in [1.165, 1.54) is 36.8 Å². The third kappa shape index (κ3) is 2.98. The first-order valence-corrected chi connectivity index (χ1v) is 6.81. The van der Waals surface area contributed by atoms with Crippen molar-refractivity contribution in [3.8, 4) is 0 Å². The largest absolute Gasteiger partial charge is 0.271 e. The zero-order valence-electron chi connectivity index (χ0n) is 11.4. The van der Waals surface area contributed by atoms with E-state index in [9.17, 15) is 0 Å². The van der Waals surface area contributed by atoms with Gasteiger partial charge in [-0.25, -0.2) is 5.43 Å². The summed E-state index contributed by atoms with van der Waals surface area (Å²) in [5.74, 6) is 5.77. The number of nitrogens with two attached hydrogens (primary N) is 1. The Morgan fingerprint density at radius 1 is 1.22 bits per heavy atom. The maximum Gasteiger partial charge on any atom is 0.0687 e. The summed E-state index contributed by atoms with van der Waals surface area (Å²) in [4.78, 5) is 4.54. The van der Waals surface area contributed by atoms with E-state index in [0.717, 1.165) is 17.8 Å². The van der Waals surface area contributed by atoms with Crippen LogP contribution in [0.4, 0.5) is 0 Å². The number of hydrogen-bond donors (Lipinski definition) is 2. The molecule has 1 heterocycles. The van der Waals surface area contributed by atoms with Gasteiger partial charge in [0.1, 0.15) is 0 Å². The van der Waals surface area contributed by atoms with E-state index in [0.29, 0.717) is 0 Å². The van der Waals surface area contributed by atoms with Crippen molar-refractivity contribution in [2.75, 3.05) is 0 Å². The molecule has 3 heteroatoms. The van der Waals surface area contributed by atoms with E-state index in [1.807, 2.05) is 6.92 Å². The third-order valence-electron chi connectivity index (χ3n) is 3.69. The Hall–Kier alpha value is -1.19. The van der Waals surface area contributed by atoms with Crippen molar-refractivity contribution in [3.05, 3.63) is 40.7 Å². The predicted octanol–water partition coefficient (Wildman–Crippen LogP) is 3.09. The number of pyridine rings is 1. The Morgan fingerprint density at radius 3 is 2.78 bits per heavy atom. The van der Waals surface area contributed by atoms with E-state index in [2.05, 4.69) is 35.5 Å². The molecule has 1 aromatic rings. The van der Waals surface area contributed by atoms with Crippen LogP contribution in [-0.2, 0) is 0 Å². The SMILES string of the molecule is Cc1ccc(C(NN)C2=CCCCCC2)c(C)n1. The number of nitrogens with one attached hydrogen (secondary N) is 1. The number of hydrazine groups is 1. The number of nitrogens with zero attached hydrogens (tertiary/aromatic N) is 1. The van der Waals surface area contributed by atoms with Gasteiger partial charge in [-0.2, -0.15) is 0 Å². The fourth-order valence-electron chi connectivity index (χ4n) is 2.70. The van der Waals surface area contributed by atoms with Crippen LogP contribution in [0.5, 0.6) is 0 Å². The Labute approximate surface area is 109 Å². The molecule has 1 aliphatic rings. The summed E-state index contributed by atoms with van der Waals surface area (Å²) >= 11 is 0. The Balaban J connectivity index is 2.29. The molecule has 1 aromatic heterocycles. The highest BCUT2D eigenvalue weighted by Gasteiger charge is 2.18. The lowest BCUT2D eigenvalue weighted by Gasteiger charge is -2.21. The average Bonchev–Trinajstić information content (AvgIpc) is 2.62. The monoisotopic (exact) mass is 245 g/mol. The first kappa shape index (κ1) is 13.2. The van der Waals surface area contributed by atoms with Gasteiger partial charge in [-0.3, -0.25) is 10.8 Å². The average molecular weight is 245 g/mol. The lowest BCUT2D eigenvalue weighted by Crippen LogP contribution is -2.30. The van der Waals surface area contributed by atoms with Crippen molar-refractivity contribution < 1.29 is 0 Å². The topological polar surface area (TPSA) is 50.9 Å². The van der Waals surface area contributed by atoms with Crippen LogP contribution in [0.25, 0.3) is 0 Å². The molecule has 1 atom stereocenters. The van der Waals surface area contributed by atoms with Crippen LogP contribution in [0, 0.1) is 13.8 Å². The van der Waals surface area contributed by atoms with Crippen LogP contribution in [0.2, 0.25) is 0 Å². The molecule has 0 saturated heterocycles. The van der Waals surface area contributed by atoms with Crippen molar-refractivity contribution in [3.63, 3.8) is 0 Å². The molecule has 3 N–H and O–H groups in total. The Morgan fingerprint density at radius 2 is 2.06 bits per heavy atom. The molecular weight excluding hydrogens is 222 g/mol. The molecule has 0 fully saturated rings. The molecule has 0 amide bonds. The van der Waals surface area contributed by atoms with Crippen LogP contribution in [-0.4, -0.2) is 4.98 Å². The number of aryl methyl sites for hydroxylation is 2. The zero-order chi connectivity index (χ0) is 13.0. The van der Waals surface area contributed by atoms with Crippen molar-refractivity contribution in [2.45, 2.75) is 52.0 Å². The summed E-state index contributed by atoms with van der Waals surface area (Å²) in [7, 11) is 0. The van der Waals surface area contributed by atoms with Crippen molar-refractivity contribution in [1.82, 2.24) is 10.4 Å². The van der Waals surface area contributed by atoms with Gasteiger partial charge in [-0.15, -0.1) is 0 Å².